The molecule has 1 aromatic heterocycles. The van der Waals surface area contributed by atoms with E-state index in [2.05, 4.69) is 20.9 Å². The minimum atomic E-state index is 0.254. The van der Waals surface area contributed by atoms with Crippen LogP contribution in [-0.4, -0.2) is 4.98 Å². The standard InChI is InChI=1S/C7H6BrCl2N/c1-4(8)5-2-6(9)7(10)11-3-5/h2-4H,1H3. The highest BCUT2D eigenvalue weighted by molar-refractivity contribution is 9.09. The number of pyridine rings is 1. The molecule has 11 heavy (non-hydrogen) atoms. The molecule has 0 amide bonds. The van der Waals surface area contributed by atoms with Gasteiger partial charge in [0.1, 0.15) is 5.15 Å². The summed E-state index contributed by atoms with van der Waals surface area (Å²) in [5, 5.41) is 0.846. The molecule has 0 saturated heterocycles. The zero-order valence-electron chi connectivity index (χ0n) is 5.81. The molecule has 4 heteroatoms. The topological polar surface area (TPSA) is 12.9 Å². The third kappa shape index (κ3) is 2.32. The lowest BCUT2D eigenvalue weighted by molar-refractivity contribution is 1.09. The van der Waals surface area contributed by atoms with Gasteiger partial charge in [-0.15, -0.1) is 0 Å². The van der Waals surface area contributed by atoms with Crippen molar-refractivity contribution in [3.8, 4) is 0 Å². The third-order valence-electron chi connectivity index (χ3n) is 1.28. The van der Waals surface area contributed by atoms with Crippen molar-refractivity contribution in [1.82, 2.24) is 4.98 Å². The van der Waals surface area contributed by atoms with E-state index in [4.69, 9.17) is 23.2 Å². The number of hydrogen-bond donors (Lipinski definition) is 0. The van der Waals surface area contributed by atoms with E-state index in [-0.39, 0.29) is 4.83 Å². The van der Waals surface area contributed by atoms with E-state index in [1.54, 1.807) is 12.3 Å². The molecule has 0 N–H and O–H groups in total. The fourth-order valence-corrected chi connectivity index (χ4v) is 1.18. The minimum absolute atomic E-state index is 0.254. The van der Waals surface area contributed by atoms with E-state index >= 15 is 0 Å². The molecule has 1 heterocycles. The van der Waals surface area contributed by atoms with Gasteiger partial charge in [0.25, 0.3) is 0 Å². The van der Waals surface area contributed by atoms with Crippen LogP contribution in [-0.2, 0) is 0 Å². The third-order valence-corrected chi connectivity index (χ3v) is 2.49. The lowest BCUT2D eigenvalue weighted by atomic mass is 10.2. The second-order valence-electron chi connectivity index (χ2n) is 2.16. The lowest BCUT2D eigenvalue weighted by Gasteiger charge is -2.03. The summed E-state index contributed by atoms with van der Waals surface area (Å²) in [6, 6.07) is 1.80. The van der Waals surface area contributed by atoms with Crippen LogP contribution in [0.4, 0.5) is 0 Å². The van der Waals surface area contributed by atoms with Crippen LogP contribution in [0.2, 0.25) is 10.2 Å². The molecule has 0 aromatic carbocycles. The smallest absolute Gasteiger partial charge is 0.147 e. The van der Waals surface area contributed by atoms with Gasteiger partial charge in [0.15, 0.2) is 0 Å². The molecule has 0 aliphatic rings. The average Bonchev–Trinajstić information content (AvgIpc) is 1.94. The Morgan fingerprint density at radius 2 is 2.18 bits per heavy atom. The number of aromatic nitrogens is 1. The lowest BCUT2D eigenvalue weighted by Crippen LogP contribution is -1.86. The number of hydrogen-bond acceptors (Lipinski definition) is 1. The Kier molecular flexibility index (Phi) is 3.16. The monoisotopic (exact) mass is 253 g/mol. The minimum Gasteiger partial charge on any atom is -0.243 e. The largest absolute Gasteiger partial charge is 0.243 e. The second-order valence-corrected chi connectivity index (χ2v) is 4.30. The van der Waals surface area contributed by atoms with Crippen molar-refractivity contribution in [2.75, 3.05) is 0 Å². The van der Waals surface area contributed by atoms with Gasteiger partial charge < -0.3 is 0 Å². The highest BCUT2D eigenvalue weighted by atomic mass is 79.9. The van der Waals surface area contributed by atoms with Crippen LogP contribution in [0.15, 0.2) is 12.3 Å². The van der Waals surface area contributed by atoms with E-state index in [9.17, 15) is 0 Å². The normalized spacial score (nSPS) is 13.1. The van der Waals surface area contributed by atoms with Crippen molar-refractivity contribution in [1.29, 1.82) is 0 Å². The molecule has 0 saturated carbocycles. The molecule has 1 aromatic rings. The van der Waals surface area contributed by atoms with Gasteiger partial charge in [0.05, 0.1) is 5.02 Å². The van der Waals surface area contributed by atoms with Crippen molar-refractivity contribution >= 4 is 39.1 Å². The zero-order chi connectivity index (χ0) is 8.43. The predicted molar refractivity (Wildman–Crippen MR) is 51.6 cm³/mol. The van der Waals surface area contributed by atoms with Crippen molar-refractivity contribution in [3.05, 3.63) is 28.0 Å². The number of alkyl halides is 1. The van der Waals surface area contributed by atoms with Gasteiger partial charge in [0.2, 0.25) is 0 Å². The fourth-order valence-electron chi connectivity index (χ4n) is 0.654. The zero-order valence-corrected chi connectivity index (χ0v) is 8.91. The first kappa shape index (κ1) is 9.30. The molecule has 1 rings (SSSR count). The molecule has 0 fully saturated rings. The number of nitrogens with zero attached hydrogens (tertiary/aromatic N) is 1. The number of rotatable bonds is 1. The summed E-state index contributed by atoms with van der Waals surface area (Å²) in [4.78, 5) is 4.16. The highest BCUT2D eigenvalue weighted by Crippen LogP contribution is 2.26. The van der Waals surface area contributed by atoms with Crippen molar-refractivity contribution < 1.29 is 0 Å². The Bertz CT molecular complexity index is 263. The number of halogens is 3. The summed E-state index contributed by atoms with van der Waals surface area (Å²) in [6.45, 7) is 2.00. The first-order chi connectivity index (χ1) is 5.11. The molecule has 0 bridgehead atoms. The summed E-state index contributed by atoms with van der Waals surface area (Å²) in [5.41, 5.74) is 1.03. The Labute approximate surface area is 83.9 Å². The molecular weight excluding hydrogens is 249 g/mol. The maximum atomic E-state index is 5.74. The van der Waals surface area contributed by atoms with Crippen molar-refractivity contribution in [2.24, 2.45) is 0 Å². The maximum absolute atomic E-state index is 5.74. The molecule has 0 aliphatic carbocycles. The molecule has 60 valence electrons. The van der Waals surface area contributed by atoms with E-state index in [1.165, 1.54) is 0 Å². The second kappa shape index (κ2) is 3.74. The predicted octanol–water partition coefficient (Wildman–Crippen LogP) is 3.84. The first-order valence-corrected chi connectivity index (χ1v) is 4.73. The van der Waals surface area contributed by atoms with Crippen LogP contribution in [0.25, 0.3) is 0 Å². The molecule has 1 unspecified atom stereocenters. The molecular formula is C7H6BrCl2N. The van der Waals surface area contributed by atoms with Crippen molar-refractivity contribution in [3.63, 3.8) is 0 Å². The fraction of sp³-hybridized carbons (Fsp3) is 0.286. The van der Waals surface area contributed by atoms with Gasteiger partial charge in [-0.25, -0.2) is 4.98 Å². The van der Waals surface area contributed by atoms with Gasteiger partial charge in [-0.05, 0) is 18.6 Å². The Hall–Kier alpha value is 0.210. The van der Waals surface area contributed by atoms with Crippen LogP contribution in [0, 0.1) is 0 Å². The molecule has 1 nitrogen and oxygen atoms in total. The van der Waals surface area contributed by atoms with Gasteiger partial charge in [-0.2, -0.15) is 0 Å². The summed E-state index contributed by atoms with van der Waals surface area (Å²) >= 11 is 14.8. The van der Waals surface area contributed by atoms with E-state index in [0.717, 1.165) is 5.56 Å². The first-order valence-electron chi connectivity index (χ1n) is 3.06. The highest BCUT2D eigenvalue weighted by Gasteiger charge is 2.04. The SMILES string of the molecule is CC(Br)c1cnc(Cl)c(Cl)c1. The maximum Gasteiger partial charge on any atom is 0.147 e. The molecule has 1 atom stereocenters. The van der Waals surface area contributed by atoms with Crippen LogP contribution in [0.1, 0.15) is 17.3 Å². The average molecular weight is 255 g/mol. The Balaban J connectivity index is 3.05. The Morgan fingerprint density at radius 1 is 1.55 bits per heavy atom. The molecule has 0 radical (unpaired) electrons. The Morgan fingerprint density at radius 3 is 2.64 bits per heavy atom. The van der Waals surface area contributed by atoms with Crippen molar-refractivity contribution in [2.45, 2.75) is 11.8 Å². The van der Waals surface area contributed by atoms with E-state index < -0.39 is 0 Å². The van der Waals surface area contributed by atoms with Crippen LogP contribution in [0.5, 0.6) is 0 Å². The quantitative estimate of drug-likeness (QED) is 0.548. The van der Waals surface area contributed by atoms with E-state index in [0.29, 0.717) is 10.2 Å². The van der Waals surface area contributed by atoms with Gasteiger partial charge in [-0.3, -0.25) is 0 Å². The summed E-state index contributed by atoms with van der Waals surface area (Å²) in [5.74, 6) is 0. The van der Waals surface area contributed by atoms with E-state index in [1.807, 2.05) is 6.92 Å². The molecule has 0 aliphatic heterocycles. The summed E-state index contributed by atoms with van der Waals surface area (Å²) < 4.78 is 0. The van der Waals surface area contributed by atoms with Crippen LogP contribution in [0.3, 0.4) is 0 Å². The van der Waals surface area contributed by atoms with Gasteiger partial charge in [-0.1, -0.05) is 39.1 Å². The van der Waals surface area contributed by atoms with Crippen LogP contribution < -0.4 is 0 Å². The summed E-state index contributed by atoms with van der Waals surface area (Å²) in [6.07, 6.45) is 1.70. The summed E-state index contributed by atoms with van der Waals surface area (Å²) in [7, 11) is 0. The van der Waals surface area contributed by atoms with Gasteiger partial charge >= 0.3 is 0 Å². The van der Waals surface area contributed by atoms with Gasteiger partial charge in [0, 0.05) is 11.0 Å². The van der Waals surface area contributed by atoms with Crippen LogP contribution >= 0.6 is 39.1 Å². The molecule has 0 spiro atoms.